The van der Waals surface area contributed by atoms with Crippen molar-refractivity contribution in [1.29, 1.82) is 0 Å². The molecule has 4 nitrogen and oxygen atoms in total. The molecule has 24 heavy (non-hydrogen) atoms. The van der Waals surface area contributed by atoms with Gasteiger partial charge in [-0.2, -0.15) is 0 Å². The van der Waals surface area contributed by atoms with E-state index in [1.54, 1.807) is 12.1 Å². The van der Waals surface area contributed by atoms with E-state index in [0.29, 0.717) is 11.4 Å². The van der Waals surface area contributed by atoms with Gasteiger partial charge in [0.1, 0.15) is 11.5 Å². The van der Waals surface area contributed by atoms with Gasteiger partial charge in [-0.15, -0.1) is 0 Å². The first-order valence-corrected chi connectivity index (χ1v) is 7.56. The second-order valence-corrected chi connectivity index (χ2v) is 5.68. The molecule has 0 aliphatic heterocycles. The predicted octanol–water partition coefficient (Wildman–Crippen LogP) is 5.26. The van der Waals surface area contributed by atoms with Crippen LogP contribution in [0.3, 0.4) is 0 Å². The molecule has 0 fully saturated rings. The molecule has 4 heteroatoms. The normalized spacial score (nSPS) is 11.0. The Kier molecular flexibility index (Phi) is 3.17. The molecule has 4 aromatic rings. The molecule has 0 bridgehead atoms. The number of nitrogens with zero attached hydrogens (tertiary/aromatic N) is 2. The van der Waals surface area contributed by atoms with Crippen molar-refractivity contribution < 1.29 is 10.2 Å². The van der Waals surface area contributed by atoms with E-state index in [1.165, 1.54) is 12.1 Å². The zero-order valence-corrected chi connectivity index (χ0v) is 12.7. The van der Waals surface area contributed by atoms with Crippen molar-refractivity contribution in [2.24, 2.45) is 0 Å². The van der Waals surface area contributed by atoms with Gasteiger partial charge in [0.05, 0.1) is 22.9 Å². The summed E-state index contributed by atoms with van der Waals surface area (Å²) in [6, 6.07) is 21.3. The van der Waals surface area contributed by atoms with Crippen LogP contribution >= 0.6 is 0 Å². The van der Waals surface area contributed by atoms with Gasteiger partial charge in [-0.05, 0) is 35.0 Å². The summed E-state index contributed by atoms with van der Waals surface area (Å²) < 4.78 is 1.00. The van der Waals surface area contributed by atoms with Crippen molar-refractivity contribution in [3.8, 4) is 11.5 Å². The number of benzene rings is 4. The molecule has 0 heterocycles. The molecule has 0 aromatic heterocycles. The first kappa shape index (κ1) is 14.2. The van der Waals surface area contributed by atoms with E-state index in [1.807, 2.05) is 48.5 Å². The Labute approximate surface area is 138 Å². The highest BCUT2D eigenvalue weighted by Gasteiger charge is 2.17. The van der Waals surface area contributed by atoms with Crippen LogP contribution in [0.2, 0.25) is 0 Å². The maximum Gasteiger partial charge on any atom is 0.211 e. The second-order valence-electron chi connectivity index (χ2n) is 5.68. The first-order chi connectivity index (χ1) is 11.6. The van der Waals surface area contributed by atoms with Crippen molar-refractivity contribution >= 4 is 32.9 Å². The Hall–Kier alpha value is -3.40. The van der Waals surface area contributed by atoms with Crippen LogP contribution in [0.5, 0.6) is 11.5 Å². The van der Waals surface area contributed by atoms with Gasteiger partial charge < -0.3 is 15.7 Å². The van der Waals surface area contributed by atoms with Crippen LogP contribution in [0.1, 0.15) is 0 Å². The third-order valence-electron chi connectivity index (χ3n) is 4.11. The van der Waals surface area contributed by atoms with E-state index in [2.05, 4.69) is 0 Å². The summed E-state index contributed by atoms with van der Waals surface area (Å²) in [6.07, 6.45) is 0. The Balaban J connectivity index is 2.01. The number of phenolic OH excluding ortho intramolecular Hbond substituents is 2. The largest absolute Gasteiger partial charge is 0.508 e. The Morgan fingerprint density at radius 1 is 0.625 bits per heavy atom. The second kappa shape index (κ2) is 5.35. The van der Waals surface area contributed by atoms with E-state index in [4.69, 9.17) is 0 Å². The third kappa shape index (κ3) is 2.25. The van der Waals surface area contributed by atoms with Crippen molar-refractivity contribution in [3.05, 3.63) is 78.3 Å². The van der Waals surface area contributed by atoms with E-state index >= 15 is 0 Å². The van der Waals surface area contributed by atoms with Crippen LogP contribution in [0.25, 0.3) is 27.1 Å². The molecular formula is C20H14N2O2. The summed E-state index contributed by atoms with van der Waals surface area (Å²) >= 11 is 0. The number of rotatable bonds is 2. The monoisotopic (exact) mass is 314 g/mol. The third-order valence-corrected chi connectivity index (χ3v) is 4.11. The lowest BCUT2D eigenvalue weighted by molar-refractivity contribution is 0.476. The van der Waals surface area contributed by atoms with Crippen molar-refractivity contribution in [3.63, 3.8) is 0 Å². The molecule has 0 aliphatic rings. The van der Waals surface area contributed by atoms with E-state index in [-0.39, 0.29) is 11.5 Å². The fraction of sp³-hybridized carbons (Fsp3) is 0. The van der Waals surface area contributed by atoms with Crippen LogP contribution in [-0.4, -0.2) is 10.2 Å². The van der Waals surface area contributed by atoms with Gasteiger partial charge in [0, 0.05) is 0 Å². The van der Waals surface area contributed by atoms with E-state index in [9.17, 15) is 15.7 Å². The molecule has 0 radical (unpaired) electrons. The summed E-state index contributed by atoms with van der Waals surface area (Å²) in [5.74, 6) is 0.124. The fourth-order valence-corrected chi connectivity index (χ4v) is 3.03. The maximum absolute atomic E-state index is 10.8. The van der Waals surface area contributed by atoms with E-state index < -0.39 is 0 Å². The number of phenols is 2. The zero-order chi connectivity index (χ0) is 16.7. The number of hydrogen-bond acceptors (Lipinski definition) is 2. The molecule has 0 unspecified atom stereocenters. The summed E-state index contributed by atoms with van der Waals surface area (Å²) in [7, 11) is 0. The summed E-state index contributed by atoms with van der Waals surface area (Å²) in [5.41, 5.74) is 11.7. The number of aromatic hydroxyl groups is 2. The van der Waals surface area contributed by atoms with Gasteiger partial charge in [-0.3, -0.25) is 0 Å². The highest BCUT2D eigenvalue weighted by atomic mass is 16.3. The fourth-order valence-electron chi connectivity index (χ4n) is 3.03. The van der Waals surface area contributed by atoms with Crippen molar-refractivity contribution in [2.45, 2.75) is 0 Å². The van der Waals surface area contributed by atoms with Crippen molar-refractivity contribution in [2.75, 3.05) is 0 Å². The molecule has 0 amide bonds. The van der Waals surface area contributed by atoms with Gasteiger partial charge in [0.15, 0.2) is 0 Å². The molecule has 0 saturated carbocycles. The molecule has 0 aliphatic carbocycles. The lowest BCUT2D eigenvalue weighted by atomic mass is 10.1. The summed E-state index contributed by atoms with van der Waals surface area (Å²) in [5, 5.41) is 23.2. The van der Waals surface area contributed by atoms with Gasteiger partial charge in [0.25, 0.3) is 0 Å². The van der Waals surface area contributed by atoms with Crippen molar-refractivity contribution in [1.82, 2.24) is 4.70 Å². The number of fused-ring (bicyclic) bond motifs is 2. The first-order valence-electron chi connectivity index (χ1n) is 7.56. The quantitative estimate of drug-likeness (QED) is 0.391. The minimum absolute atomic E-state index is 0.0622. The van der Waals surface area contributed by atoms with Crippen LogP contribution in [-0.2, 0) is 0 Å². The smallest absolute Gasteiger partial charge is 0.211 e. The van der Waals surface area contributed by atoms with E-state index in [0.717, 1.165) is 26.2 Å². The minimum atomic E-state index is 0.0622. The molecule has 2 N–H and O–H groups in total. The Bertz CT molecular complexity index is 1020. The highest BCUT2D eigenvalue weighted by molar-refractivity contribution is 5.99. The molecule has 116 valence electrons. The zero-order valence-electron chi connectivity index (χ0n) is 12.7. The molecule has 0 spiro atoms. The highest BCUT2D eigenvalue weighted by Crippen LogP contribution is 2.37. The lowest BCUT2D eigenvalue weighted by Crippen LogP contribution is -1.99. The van der Waals surface area contributed by atoms with Crippen LogP contribution in [0, 0.1) is 0 Å². The molecule has 4 rings (SSSR count). The maximum atomic E-state index is 10.8. The SMILES string of the molecule is [N-]=[N+](c1cc(O)cc2ccccc12)c1cc(O)cc2ccccc12. The Morgan fingerprint density at radius 2 is 1.04 bits per heavy atom. The number of hydrogen-bond donors (Lipinski definition) is 2. The lowest BCUT2D eigenvalue weighted by Gasteiger charge is -2.12. The molecule has 4 aromatic carbocycles. The summed E-state index contributed by atoms with van der Waals surface area (Å²) in [4.78, 5) is 0. The van der Waals surface area contributed by atoms with Crippen LogP contribution in [0.15, 0.2) is 72.8 Å². The Morgan fingerprint density at radius 3 is 1.50 bits per heavy atom. The topological polar surface area (TPSA) is 65.8 Å². The minimum Gasteiger partial charge on any atom is -0.508 e. The van der Waals surface area contributed by atoms with Gasteiger partial charge in [0.2, 0.25) is 11.4 Å². The molecule has 0 saturated heterocycles. The van der Waals surface area contributed by atoms with Gasteiger partial charge in [-0.25, -0.2) is 4.70 Å². The molecule has 0 atom stereocenters. The summed E-state index contributed by atoms with van der Waals surface area (Å²) in [6.45, 7) is 0. The predicted molar refractivity (Wildman–Crippen MR) is 96.0 cm³/mol. The average Bonchev–Trinajstić information content (AvgIpc) is 2.59. The van der Waals surface area contributed by atoms with Crippen LogP contribution in [0.4, 0.5) is 11.4 Å². The van der Waals surface area contributed by atoms with Crippen LogP contribution < -0.4 is 4.70 Å². The standard InChI is InChI=1S/C20H14N2O2/c21-22(19-11-15(23)9-13-5-1-3-7-17(13)19)20-12-16(24)10-14-6-2-4-8-18(14)20/h1-12,23-24H. The molecular weight excluding hydrogens is 300 g/mol. The average molecular weight is 314 g/mol. The van der Waals surface area contributed by atoms with Gasteiger partial charge >= 0.3 is 0 Å². The van der Waals surface area contributed by atoms with Gasteiger partial charge in [-0.1, -0.05) is 36.4 Å².